The Labute approximate surface area is 138 Å². The molecule has 0 atom stereocenters. The van der Waals surface area contributed by atoms with Crippen LogP contribution in [0.5, 0.6) is 0 Å². The summed E-state index contributed by atoms with van der Waals surface area (Å²) in [4.78, 5) is 45.3. The van der Waals surface area contributed by atoms with Crippen LogP contribution < -0.4 is 0 Å². The Hall–Kier alpha value is 0.773. The predicted molar refractivity (Wildman–Crippen MR) is 83.5 cm³/mol. The molecule has 0 fully saturated rings. The van der Waals surface area contributed by atoms with E-state index in [1.807, 2.05) is 30.3 Å². The van der Waals surface area contributed by atoms with E-state index in [9.17, 15) is 0 Å². The summed E-state index contributed by atoms with van der Waals surface area (Å²) in [5.74, 6) is 0. The zero-order valence-electron chi connectivity index (χ0n) is 10.8. The van der Waals surface area contributed by atoms with E-state index in [1.165, 1.54) is 24.3 Å². The predicted octanol–water partition coefficient (Wildman–Crippen LogP) is 0.608. The summed E-state index contributed by atoms with van der Waals surface area (Å²) in [6.45, 7) is -5.45. The van der Waals surface area contributed by atoms with Crippen molar-refractivity contribution in [3.63, 3.8) is 0 Å². The van der Waals surface area contributed by atoms with E-state index in [4.69, 9.17) is 29.4 Å². The fraction of sp³-hybridized carbons (Fsp3) is 0.222. The van der Waals surface area contributed by atoms with Crippen LogP contribution in [-0.4, -0.2) is 34.0 Å². The van der Waals surface area contributed by atoms with E-state index in [1.54, 1.807) is 0 Å². The summed E-state index contributed by atoms with van der Waals surface area (Å²) < 4.78 is 2.25. The summed E-state index contributed by atoms with van der Waals surface area (Å²) in [6, 6.07) is 12.5. The van der Waals surface area contributed by atoms with Gasteiger partial charge in [0.1, 0.15) is 0 Å². The van der Waals surface area contributed by atoms with Gasteiger partial charge in [-0.3, -0.25) is 0 Å². The Morgan fingerprint density at radius 1 is 0.950 bits per heavy atom. The average molecular weight is 413 g/mol. The normalized spacial score (nSPS) is 9.65. The van der Waals surface area contributed by atoms with Crippen LogP contribution in [-0.2, 0) is 41.5 Å². The summed E-state index contributed by atoms with van der Waals surface area (Å²) in [7, 11) is 0. The number of hydrogen-bond acceptors (Lipinski definition) is 2. The van der Waals surface area contributed by atoms with Gasteiger partial charge in [-0.2, -0.15) is 36.4 Å². The van der Waals surface area contributed by atoms with Gasteiger partial charge in [0.15, 0.2) is 0 Å². The SMILES string of the molecule is CC[CH]=[Zn].OP(O)(O)=S.OP(O)(O)=S.[c-]1ccccc1. The molecule has 0 unspecified atom stereocenters. The molecule has 0 aliphatic heterocycles. The molecule has 0 radical (unpaired) electrons. The van der Waals surface area contributed by atoms with Gasteiger partial charge in [-0.1, -0.05) is 0 Å². The smallest absolute Gasteiger partial charge is 0.319 e. The summed E-state index contributed by atoms with van der Waals surface area (Å²) >= 11 is 8.55. The molecule has 6 nitrogen and oxygen atoms in total. The largest absolute Gasteiger partial charge is 0.325 e. The van der Waals surface area contributed by atoms with Gasteiger partial charge >= 0.3 is 49.2 Å². The van der Waals surface area contributed by atoms with Gasteiger partial charge in [0, 0.05) is 0 Å². The molecular formula is C9H17O6P2S2Zn-. The number of rotatable bonds is 1. The van der Waals surface area contributed by atoms with Gasteiger partial charge in [-0.05, 0) is 23.6 Å². The third-order valence-corrected chi connectivity index (χ3v) is 2.11. The van der Waals surface area contributed by atoms with Crippen molar-refractivity contribution in [2.75, 3.05) is 0 Å². The van der Waals surface area contributed by atoms with Crippen molar-refractivity contribution >= 4 is 41.7 Å². The van der Waals surface area contributed by atoms with Gasteiger partial charge in [0.2, 0.25) is 0 Å². The van der Waals surface area contributed by atoms with Crippen LogP contribution in [0.15, 0.2) is 30.3 Å². The molecule has 0 saturated heterocycles. The van der Waals surface area contributed by atoms with Gasteiger partial charge in [-0.15, -0.1) is 0 Å². The molecular weight excluding hydrogens is 396 g/mol. The molecule has 20 heavy (non-hydrogen) atoms. The molecule has 11 heteroatoms. The van der Waals surface area contributed by atoms with Crippen molar-refractivity contribution in [1.82, 2.24) is 0 Å². The third-order valence-electron chi connectivity index (χ3n) is 0.896. The van der Waals surface area contributed by atoms with Crippen LogP contribution in [0.25, 0.3) is 0 Å². The maximum Gasteiger partial charge on any atom is 0.319 e. The minimum atomic E-state index is -3.81. The quantitative estimate of drug-likeness (QED) is 0.225. The molecule has 0 aromatic heterocycles. The van der Waals surface area contributed by atoms with Crippen molar-refractivity contribution in [3.05, 3.63) is 36.4 Å². The Balaban J connectivity index is -0.000000195. The van der Waals surface area contributed by atoms with Crippen LogP contribution in [0.3, 0.4) is 0 Å². The average Bonchev–Trinajstić information content (AvgIpc) is 2.27. The van der Waals surface area contributed by atoms with Crippen LogP contribution >= 0.6 is 13.4 Å². The zero-order chi connectivity index (χ0) is 16.7. The molecule has 0 aliphatic rings. The standard InChI is InChI=1S/C6H5.C3H6.2H3O3PS.Zn/c1-2-4-6-5-3-1;1-3-2;2*1-4(2,3)5;/h1-5H;1H,3H2,2H3;2*(H3,1,2,3,5);/q-1;;;;. The fourth-order valence-electron chi connectivity index (χ4n) is 0.342. The van der Waals surface area contributed by atoms with Gasteiger partial charge < -0.3 is 29.4 Å². The van der Waals surface area contributed by atoms with Gasteiger partial charge in [-0.25, -0.2) is 0 Å². The summed E-state index contributed by atoms with van der Waals surface area (Å²) in [5, 5.41) is 0. The van der Waals surface area contributed by atoms with Crippen molar-refractivity contribution in [3.8, 4) is 0 Å². The molecule has 0 amide bonds. The molecule has 0 aliphatic carbocycles. The van der Waals surface area contributed by atoms with Crippen molar-refractivity contribution < 1.29 is 47.2 Å². The number of hydrogen-bond donors (Lipinski definition) is 6. The molecule has 1 aromatic carbocycles. The van der Waals surface area contributed by atoms with Crippen molar-refractivity contribution in [2.45, 2.75) is 13.3 Å². The van der Waals surface area contributed by atoms with Gasteiger partial charge in [0.25, 0.3) is 0 Å². The second-order valence-corrected chi connectivity index (χ2v) is 9.00. The van der Waals surface area contributed by atoms with Crippen LogP contribution in [0.4, 0.5) is 0 Å². The maximum atomic E-state index is 7.56. The van der Waals surface area contributed by atoms with E-state index in [0.29, 0.717) is 0 Å². The van der Waals surface area contributed by atoms with E-state index in [0.717, 1.165) is 0 Å². The topological polar surface area (TPSA) is 121 Å². The zero-order valence-corrected chi connectivity index (χ0v) is 17.2. The molecule has 1 rings (SSSR count). The Kier molecular flexibility index (Phi) is 20.8. The number of benzene rings is 1. The minimum Gasteiger partial charge on any atom is -0.325 e. The second kappa shape index (κ2) is 16.1. The van der Waals surface area contributed by atoms with Crippen LogP contribution in [0, 0.1) is 6.07 Å². The van der Waals surface area contributed by atoms with E-state index in [2.05, 4.69) is 41.2 Å². The Morgan fingerprint density at radius 2 is 1.20 bits per heavy atom. The first kappa shape index (κ1) is 25.7. The Morgan fingerprint density at radius 3 is 1.25 bits per heavy atom. The van der Waals surface area contributed by atoms with Crippen molar-refractivity contribution in [2.24, 2.45) is 0 Å². The third kappa shape index (κ3) is 98.1. The van der Waals surface area contributed by atoms with Crippen LogP contribution in [0.1, 0.15) is 13.3 Å². The van der Waals surface area contributed by atoms with Crippen molar-refractivity contribution in [1.29, 1.82) is 0 Å². The summed E-state index contributed by atoms with van der Waals surface area (Å²) in [5.41, 5.74) is 0. The second-order valence-electron chi connectivity index (χ2n) is 2.80. The fourth-order valence-corrected chi connectivity index (χ4v) is 0.342. The molecule has 6 N–H and O–H groups in total. The molecule has 1 aromatic rings. The first-order valence-electron chi connectivity index (χ1n) is 5.00. The molecule has 0 saturated carbocycles. The van der Waals surface area contributed by atoms with Gasteiger partial charge in [0.05, 0.1) is 0 Å². The Bertz CT molecular complexity index is 345. The van der Waals surface area contributed by atoms with Crippen LogP contribution in [0.2, 0.25) is 0 Å². The first-order chi connectivity index (χ1) is 8.91. The minimum absolute atomic E-state index is 1.25. The summed E-state index contributed by atoms with van der Waals surface area (Å²) in [6.07, 6.45) is 1.25. The molecule has 0 heterocycles. The van der Waals surface area contributed by atoms with E-state index in [-0.39, 0.29) is 0 Å². The van der Waals surface area contributed by atoms with E-state index >= 15 is 0 Å². The van der Waals surface area contributed by atoms with E-state index < -0.39 is 13.4 Å². The molecule has 0 spiro atoms. The first-order valence-corrected chi connectivity index (χ1v) is 12.0. The molecule has 114 valence electrons. The maximum absolute atomic E-state index is 7.56. The monoisotopic (exact) mass is 411 g/mol. The molecule has 0 bridgehead atoms.